The second-order valence-electron chi connectivity index (χ2n) is 5.88. The molecular formula is C18H20F3N3O2. The van der Waals surface area contributed by atoms with Gasteiger partial charge >= 0.3 is 12.2 Å². The van der Waals surface area contributed by atoms with Crippen LogP contribution in [0.4, 0.5) is 18.0 Å². The minimum atomic E-state index is -4.37. The molecule has 0 saturated carbocycles. The lowest BCUT2D eigenvalue weighted by molar-refractivity contribution is -0.137. The van der Waals surface area contributed by atoms with Gasteiger partial charge in [0.05, 0.1) is 12.1 Å². The molecule has 0 atom stereocenters. The minimum absolute atomic E-state index is 0.00494. The molecule has 0 unspecified atom stereocenters. The van der Waals surface area contributed by atoms with E-state index in [2.05, 4.69) is 17.2 Å². The molecular weight excluding hydrogens is 347 g/mol. The highest BCUT2D eigenvalue weighted by Gasteiger charge is 2.29. The molecule has 1 N–H and O–H groups in total. The summed E-state index contributed by atoms with van der Waals surface area (Å²) >= 11 is 0. The lowest BCUT2D eigenvalue weighted by atomic mass is 10.1. The zero-order chi connectivity index (χ0) is 19.2. The number of halogens is 3. The fraction of sp³-hybridized carbons (Fsp3) is 0.444. The van der Waals surface area contributed by atoms with Crippen molar-refractivity contribution in [2.24, 2.45) is 0 Å². The lowest BCUT2D eigenvalue weighted by Gasteiger charge is -2.21. The summed E-state index contributed by atoms with van der Waals surface area (Å²) in [5.41, 5.74) is -0.281. The average Bonchev–Trinajstić information content (AvgIpc) is 2.84. The number of nitrogens with zero attached hydrogens (tertiary/aromatic N) is 2. The number of amides is 3. The van der Waals surface area contributed by atoms with E-state index in [4.69, 9.17) is 0 Å². The van der Waals surface area contributed by atoms with E-state index in [1.165, 1.54) is 19.1 Å². The number of nitrogens with one attached hydrogen (secondary N) is 1. The third kappa shape index (κ3) is 5.69. The Morgan fingerprint density at radius 1 is 1.08 bits per heavy atom. The number of rotatable bonds is 1. The van der Waals surface area contributed by atoms with Gasteiger partial charge in [-0.2, -0.15) is 13.2 Å². The number of carbonyl (C=O) groups excluding carboxylic acids is 2. The molecule has 1 heterocycles. The van der Waals surface area contributed by atoms with Crippen LogP contribution in [0.2, 0.25) is 0 Å². The normalized spacial score (nSPS) is 14.9. The van der Waals surface area contributed by atoms with Gasteiger partial charge < -0.3 is 15.1 Å². The molecule has 1 aromatic carbocycles. The molecule has 1 saturated heterocycles. The van der Waals surface area contributed by atoms with Crippen molar-refractivity contribution in [3.8, 4) is 11.8 Å². The van der Waals surface area contributed by atoms with Gasteiger partial charge in [-0.3, -0.25) is 4.79 Å². The molecule has 1 aliphatic heterocycles. The Kier molecular flexibility index (Phi) is 6.50. The fourth-order valence-corrected chi connectivity index (χ4v) is 2.56. The zero-order valence-electron chi connectivity index (χ0n) is 14.4. The molecule has 1 aliphatic rings. The molecule has 1 aromatic rings. The quantitative estimate of drug-likeness (QED) is 0.775. The van der Waals surface area contributed by atoms with Crippen LogP contribution in [0.5, 0.6) is 0 Å². The number of benzene rings is 1. The third-order valence-corrected chi connectivity index (χ3v) is 4.00. The van der Waals surface area contributed by atoms with Gasteiger partial charge in [-0.05, 0) is 30.7 Å². The Balaban J connectivity index is 1.82. The maximum atomic E-state index is 12.5. The van der Waals surface area contributed by atoms with Crippen molar-refractivity contribution in [3.63, 3.8) is 0 Å². The molecule has 0 bridgehead atoms. The van der Waals surface area contributed by atoms with Crippen LogP contribution in [0.25, 0.3) is 0 Å². The van der Waals surface area contributed by atoms with Gasteiger partial charge in [-0.15, -0.1) is 0 Å². The van der Waals surface area contributed by atoms with Crippen molar-refractivity contribution in [3.05, 3.63) is 35.4 Å². The Labute approximate surface area is 150 Å². The SMILES string of the molecule is CC(=O)N1CCCN(C(=O)NCC#Cc2ccc(C(F)(F)F)cc2)CC1. The Bertz CT molecular complexity index is 705. The molecule has 0 aliphatic carbocycles. The van der Waals surface area contributed by atoms with E-state index in [9.17, 15) is 22.8 Å². The molecule has 1 fully saturated rings. The summed E-state index contributed by atoms with van der Waals surface area (Å²) in [6.07, 6.45) is -3.66. The Morgan fingerprint density at radius 2 is 1.69 bits per heavy atom. The third-order valence-electron chi connectivity index (χ3n) is 4.00. The van der Waals surface area contributed by atoms with Crippen LogP contribution >= 0.6 is 0 Å². The van der Waals surface area contributed by atoms with Crippen molar-refractivity contribution >= 4 is 11.9 Å². The van der Waals surface area contributed by atoms with Crippen LogP contribution in [-0.4, -0.2) is 54.5 Å². The van der Waals surface area contributed by atoms with E-state index >= 15 is 0 Å². The van der Waals surface area contributed by atoms with E-state index in [1.54, 1.807) is 9.80 Å². The van der Waals surface area contributed by atoms with Gasteiger partial charge in [0, 0.05) is 38.7 Å². The number of carbonyl (C=O) groups is 2. The molecule has 26 heavy (non-hydrogen) atoms. The van der Waals surface area contributed by atoms with Crippen LogP contribution in [0.3, 0.4) is 0 Å². The molecule has 2 rings (SSSR count). The highest BCUT2D eigenvalue weighted by atomic mass is 19.4. The zero-order valence-corrected chi connectivity index (χ0v) is 14.4. The summed E-state index contributed by atoms with van der Waals surface area (Å²) in [5, 5.41) is 2.66. The van der Waals surface area contributed by atoms with Gasteiger partial charge in [0.15, 0.2) is 0 Å². The predicted octanol–water partition coefficient (Wildman–Crippen LogP) is 2.32. The summed E-state index contributed by atoms with van der Waals surface area (Å²) in [7, 11) is 0. The van der Waals surface area contributed by atoms with Gasteiger partial charge in [-0.25, -0.2) is 4.79 Å². The molecule has 5 nitrogen and oxygen atoms in total. The largest absolute Gasteiger partial charge is 0.416 e. The number of urea groups is 1. The number of alkyl halides is 3. The number of hydrogen-bond donors (Lipinski definition) is 1. The lowest BCUT2D eigenvalue weighted by Crippen LogP contribution is -2.42. The highest BCUT2D eigenvalue weighted by molar-refractivity contribution is 5.75. The average molecular weight is 367 g/mol. The molecule has 140 valence electrons. The van der Waals surface area contributed by atoms with Gasteiger partial charge in [-0.1, -0.05) is 11.8 Å². The molecule has 3 amide bonds. The predicted molar refractivity (Wildman–Crippen MR) is 90.2 cm³/mol. The molecule has 0 aromatic heterocycles. The van der Waals surface area contributed by atoms with Crippen LogP contribution in [0.15, 0.2) is 24.3 Å². The first-order valence-electron chi connectivity index (χ1n) is 8.22. The van der Waals surface area contributed by atoms with E-state index in [0.29, 0.717) is 38.2 Å². The van der Waals surface area contributed by atoms with E-state index in [-0.39, 0.29) is 18.5 Å². The first-order chi connectivity index (χ1) is 12.3. The standard InChI is InChI=1S/C18H20F3N3O2/c1-14(25)23-10-3-11-24(13-12-23)17(26)22-9-2-4-15-5-7-16(8-6-15)18(19,20)21/h5-8H,3,9-13H2,1H3,(H,22,26). The van der Waals surface area contributed by atoms with Crippen molar-refractivity contribution in [1.82, 2.24) is 15.1 Å². The molecule has 0 spiro atoms. The molecule has 8 heteroatoms. The van der Waals surface area contributed by atoms with Gasteiger partial charge in [0.2, 0.25) is 5.91 Å². The summed E-state index contributed by atoms with van der Waals surface area (Å²) in [4.78, 5) is 26.8. The topological polar surface area (TPSA) is 52.7 Å². The maximum absolute atomic E-state index is 12.5. The van der Waals surface area contributed by atoms with Crippen molar-refractivity contribution in [1.29, 1.82) is 0 Å². The van der Waals surface area contributed by atoms with E-state index < -0.39 is 11.7 Å². The first-order valence-corrected chi connectivity index (χ1v) is 8.22. The monoisotopic (exact) mass is 367 g/mol. The van der Waals surface area contributed by atoms with Crippen molar-refractivity contribution in [2.75, 3.05) is 32.7 Å². The fourth-order valence-electron chi connectivity index (χ4n) is 2.56. The summed E-state index contributed by atoms with van der Waals surface area (Å²) < 4.78 is 37.4. The second-order valence-corrected chi connectivity index (χ2v) is 5.88. The highest BCUT2D eigenvalue weighted by Crippen LogP contribution is 2.28. The summed E-state index contributed by atoms with van der Waals surface area (Å²) in [6.45, 7) is 3.74. The smallest absolute Gasteiger partial charge is 0.341 e. The van der Waals surface area contributed by atoms with E-state index in [1.807, 2.05) is 0 Å². The molecule has 0 radical (unpaired) electrons. The summed E-state index contributed by atoms with van der Waals surface area (Å²) in [6, 6.07) is 4.27. The van der Waals surface area contributed by atoms with Crippen LogP contribution in [-0.2, 0) is 11.0 Å². The van der Waals surface area contributed by atoms with Crippen molar-refractivity contribution < 1.29 is 22.8 Å². The van der Waals surface area contributed by atoms with E-state index in [0.717, 1.165) is 12.1 Å². The number of hydrogen-bond acceptors (Lipinski definition) is 2. The summed E-state index contributed by atoms with van der Waals surface area (Å²) in [5.74, 6) is 5.43. The first kappa shape index (κ1) is 19.6. The Morgan fingerprint density at radius 3 is 2.31 bits per heavy atom. The van der Waals surface area contributed by atoms with Crippen LogP contribution in [0, 0.1) is 11.8 Å². The van der Waals surface area contributed by atoms with Crippen LogP contribution in [0.1, 0.15) is 24.5 Å². The van der Waals surface area contributed by atoms with Gasteiger partial charge in [0.1, 0.15) is 0 Å². The van der Waals surface area contributed by atoms with Gasteiger partial charge in [0.25, 0.3) is 0 Å². The van der Waals surface area contributed by atoms with Crippen LogP contribution < -0.4 is 5.32 Å². The maximum Gasteiger partial charge on any atom is 0.416 e. The Hall–Kier alpha value is -2.69. The van der Waals surface area contributed by atoms with Crippen molar-refractivity contribution in [2.45, 2.75) is 19.5 Å². The minimum Gasteiger partial charge on any atom is -0.341 e. The second kappa shape index (κ2) is 8.61.